The van der Waals surface area contributed by atoms with E-state index in [1.807, 2.05) is 26.2 Å². The van der Waals surface area contributed by atoms with Crippen molar-refractivity contribution in [3.05, 3.63) is 40.3 Å². The van der Waals surface area contributed by atoms with Crippen LogP contribution in [0, 0.1) is 6.92 Å². The molecule has 1 heterocycles. The van der Waals surface area contributed by atoms with Crippen LogP contribution in [0.25, 0.3) is 0 Å². The van der Waals surface area contributed by atoms with Gasteiger partial charge in [-0.3, -0.25) is 0 Å². The maximum Gasteiger partial charge on any atom is 0.387 e. The van der Waals surface area contributed by atoms with E-state index in [9.17, 15) is 13.6 Å². The Morgan fingerprint density at radius 3 is 2.74 bits per heavy atom. The molecule has 0 unspecified atom stereocenters. The van der Waals surface area contributed by atoms with Crippen LogP contribution in [-0.4, -0.2) is 17.6 Å². The van der Waals surface area contributed by atoms with E-state index in [0.717, 1.165) is 10.7 Å². The second-order valence-corrected chi connectivity index (χ2v) is 6.26. The summed E-state index contributed by atoms with van der Waals surface area (Å²) >= 11 is 1.46. The molecule has 0 aliphatic heterocycles. The van der Waals surface area contributed by atoms with Crippen LogP contribution in [-0.2, 0) is 5.54 Å². The summed E-state index contributed by atoms with van der Waals surface area (Å²) < 4.78 is 28.7. The van der Waals surface area contributed by atoms with Crippen LogP contribution in [0.2, 0.25) is 0 Å². The molecule has 2 rings (SSSR count). The summed E-state index contributed by atoms with van der Waals surface area (Å²) in [5.41, 5.74) is 0.587. The maximum atomic E-state index is 12.2. The number of nitrogens with zero attached hydrogens (tertiary/aromatic N) is 1. The first kappa shape index (κ1) is 17.1. The number of nitrogens with one attached hydrogen (secondary N) is 2. The molecule has 0 aliphatic carbocycles. The molecule has 1 aromatic carbocycles. The number of ether oxygens (including phenoxy) is 1. The number of carbonyl (C=O) groups excluding carboxylic acids is 1. The van der Waals surface area contributed by atoms with E-state index < -0.39 is 18.2 Å². The third-order valence-electron chi connectivity index (χ3n) is 2.90. The normalized spacial score (nSPS) is 11.4. The van der Waals surface area contributed by atoms with Gasteiger partial charge in [-0.1, -0.05) is 6.07 Å². The van der Waals surface area contributed by atoms with Gasteiger partial charge in [0.2, 0.25) is 0 Å². The molecular formula is C15H17F2N3O2S. The van der Waals surface area contributed by atoms with Gasteiger partial charge in [0.05, 0.1) is 5.54 Å². The van der Waals surface area contributed by atoms with Crippen LogP contribution in [0.5, 0.6) is 5.75 Å². The number of hydrogen-bond acceptors (Lipinski definition) is 4. The third kappa shape index (κ3) is 4.88. The van der Waals surface area contributed by atoms with Gasteiger partial charge in [-0.25, -0.2) is 9.78 Å². The van der Waals surface area contributed by atoms with Crippen LogP contribution in [0.15, 0.2) is 29.6 Å². The highest BCUT2D eigenvalue weighted by molar-refractivity contribution is 7.09. The van der Waals surface area contributed by atoms with Crippen LogP contribution in [0.4, 0.5) is 19.3 Å². The fraction of sp³-hybridized carbons (Fsp3) is 0.333. The van der Waals surface area contributed by atoms with Crippen molar-refractivity contribution in [3.63, 3.8) is 0 Å². The number of rotatable bonds is 5. The largest absolute Gasteiger partial charge is 0.435 e. The van der Waals surface area contributed by atoms with Gasteiger partial charge in [-0.05, 0) is 32.9 Å². The molecule has 5 nitrogen and oxygen atoms in total. The van der Waals surface area contributed by atoms with Gasteiger partial charge < -0.3 is 15.4 Å². The summed E-state index contributed by atoms with van der Waals surface area (Å²) in [5.74, 6) is -0.0207. The number of thiazole rings is 1. The Morgan fingerprint density at radius 1 is 1.39 bits per heavy atom. The number of halogens is 2. The Bertz CT molecular complexity index is 689. The number of urea groups is 1. The van der Waals surface area contributed by atoms with Crippen LogP contribution >= 0.6 is 11.3 Å². The molecule has 2 N–H and O–H groups in total. The Hall–Kier alpha value is -2.22. The second kappa shape index (κ2) is 6.91. The van der Waals surface area contributed by atoms with E-state index >= 15 is 0 Å². The van der Waals surface area contributed by atoms with Gasteiger partial charge in [0.1, 0.15) is 10.8 Å². The Morgan fingerprint density at radius 2 is 2.13 bits per heavy atom. The molecule has 0 radical (unpaired) electrons. The lowest BCUT2D eigenvalue weighted by molar-refractivity contribution is -0.0497. The highest BCUT2D eigenvalue weighted by Gasteiger charge is 2.26. The standard InChI is InChI=1S/C15H17F2N3O2S/c1-9-8-23-12(18-9)15(2,3)20-14(21)19-10-5-4-6-11(7-10)22-13(16)17/h4-8,13H,1-3H3,(H2,19,20,21). The second-order valence-electron chi connectivity index (χ2n) is 5.40. The number of amides is 2. The molecule has 2 amide bonds. The number of carbonyl (C=O) groups is 1. The number of alkyl halides is 2. The predicted molar refractivity (Wildman–Crippen MR) is 85.1 cm³/mol. The molecule has 0 atom stereocenters. The summed E-state index contributed by atoms with van der Waals surface area (Å²) in [7, 11) is 0. The van der Waals surface area contributed by atoms with Gasteiger partial charge >= 0.3 is 12.6 Å². The summed E-state index contributed by atoms with van der Waals surface area (Å²) in [6, 6.07) is 5.35. The number of benzene rings is 1. The van der Waals surface area contributed by atoms with E-state index in [4.69, 9.17) is 0 Å². The van der Waals surface area contributed by atoms with Crippen molar-refractivity contribution >= 4 is 23.1 Å². The SMILES string of the molecule is Cc1csc(C(C)(C)NC(=O)Nc2cccc(OC(F)F)c2)n1. The third-order valence-corrected chi connectivity index (χ3v) is 4.18. The zero-order chi connectivity index (χ0) is 17.0. The van der Waals surface area contributed by atoms with Crippen molar-refractivity contribution in [1.29, 1.82) is 0 Å². The topological polar surface area (TPSA) is 63.2 Å². The van der Waals surface area contributed by atoms with Gasteiger partial charge in [0.15, 0.2) is 0 Å². The van der Waals surface area contributed by atoms with Crippen LogP contribution in [0.3, 0.4) is 0 Å². The Labute approximate surface area is 136 Å². The zero-order valence-electron chi connectivity index (χ0n) is 12.9. The average molecular weight is 341 g/mol. The smallest absolute Gasteiger partial charge is 0.387 e. The monoisotopic (exact) mass is 341 g/mol. The predicted octanol–water partition coefficient (Wildman–Crippen LogP) is 4.11. The summed E-state index contributed by atoms with van der Waals surface area (Å²) in [6.45, 7) is 2.64. The zero-order valence-corrected chi connectivity index (χ0v) is 13.7. The first-order valence-corrected chi connectivity index (χ1v) is 7.71. The molecule has 2 aromatic rings. The van der Waals surface area contributed by atoms with Crippen LogP contribution in [0.1, 0.15) is 24.5 Å². The fourth-order valence-electron chi connectivity index (χ4n) is 1.89. The highest BCUT2D eigenvalue weighted by atomic mass is 32.1. The van der Waals surface area contributed by atoms with E-state index in [1.165, 1.54) is 29.5 Å². The molecule has 124 valence electrons. The first-order chi connectivity index (χ1) is 10.8. The highest BCUT2D eigenvalue weighted by Crippen LogP contribution is 2.24. The molecule has 0 spiro atoms. The van der Waals surface area contributed by atoms with Gasteiger partial charge in [-0.15, -0.1) is 11.3 Å². The minimum absolute atomic E-state index is 0.0207. The van der Waals surface area contributed by atoms with Crippen molar-refractivity contribution in [2.75, 3.05) is 5.32 Å². The van der Waals surface area contributed by atoms with E-state index in [-0.39, 0.29) is 5.75 Å². The summed E-state index contributed by atoms with van der Waals surface area (Å²) in [4.78, 5) is 16.5. The molecular weight excluding hydrogens is 324 g/mol. The van der Waals surface area contributed by atoms with Gasteiger partial charge in [-0.2, -0.15) is 8.78 Å². The lowest BCUT2D eigenvalue weighted by Gasteiger charge is -2.24. The van der Waals surface area contributed by atoms with Crippen molar-refractivity contribution in [1.82, 2.24) is 10.3 Å². The molecule has 0 aliphatic rings. The lowest BCUT2D eigenvalue weighted by atomic mass is 10.1. The number of aryl methyl sites for hydroxylation is 1. The van der Waals surface area contributed by atoms with Gasteiger partial charge in [0.25, 0.3) is 0 Å². The molecule has 23 heavy (non-hydrogen) atoms. The Balaban J connectivity index is 2.02. The number of aromatic nitrogens is 1. The van der Waals surface area contributed by atoms with Crippen molar-refractivity contribution in [3.8, 4) is 5.75 Å². The Kier molecular flexibility index (Phi) is 5.15. The molecule has 0 bridgehead atoms. The van der Waals surface area contributed by atoms with Crippen molar-refractivity contribution in [2.24, 2.45) is 0 Å². The molecule has 1 aromatic heterocycles. The van der Waals surface area contributed by atoms with E-state index in [2.05, 4.69) is 20.4 Å². The number of anilines is 1. The summed E-state index contributed by atoms with van der Waals surface area (Å²) in [5, 5.41) is 8.08. The van der Waals surface area contributed by atoms with Crippen LogP contribution < -0.4 is 15.4 Å². The first-order valence-electron chi connectivity index (χ1n) is 6.83. The number of hydrogen-bond donors (Lipinski definition) is 2. The molecule has 0 saturated carbocycles. The van der Waals surface area contributed by atoms with Gasteiger partial charge in [0, 0.05) is 22.8 Å². The quantitative estimate of drug-likeness (QED) is 0.860. The molecule has 0 saturated heterocycles. The average Bonchev–Trinajstić information content (AvgIpc) is 2.85. The summed E-state index contributed by atoms with van der Waals surface area (Å²) in [6.07, 6.45) is 0. The molecule has 0 fully saturated rings. The minimum Gasteiger partial charge on any atom is -0.435 e. The fourth-order valence-corrected chi connectivity index (χ4v) is 2.77. The van der Waals surface area contributed by atoms with E-state index in [0.29, 0.717) is 5.69 Å². The van der Waals surface area contributed by atoms with Crippen molar-refractivity contribution in [2.45, 2.75) is 32.9 Å². The minimum atomic E-state index is -2.91. The van der Waals surface area contributed by atoms with E-state index in [1.54, 1.807) is 6.07 Å². The molecule has 8 heteroatoms. The maximum absolute atomic E-state index is 12.2. The van der Waals surface area contributed by atoms with Crippen molar-refractivity contribution < 1.29 is 18.3 Å². The lowest BCUT2D eigenvalue weighted by Crippen LogP contribution is -2.43.